The molecule has 1 atom stereocenters. The topological polar surface area (TPSA) is 50.4 Å². The molecule has 94 valence electrons. The summed E-state index contributed by atoms with van der Waals surface area (Å²) in [4.78, 5) is 4.06. The zero-order chi connectivity index (χ0) is 13.0. The van der Waals surface area contributed by atoms with Crippen molar-refractivity contribution in [3.63, 3.8) is 0 Å². The Kier molecular flexibility index (Phi) is 2.41. The van der Waals surface area contributed by atoms with E-state index in [0.717, 1.165) is 0 Å². The van der Waals surface area contributed by atoms with Crippen LogP contribution in [0.4, 0.5) is 8.78 Å². The summed E-state index contributed by atoms with van der Waals surface area (Å²) in [6.45, 7) is 1.86. The molecule has 0 saturated carbocycles. The van der Waals surface area contributed by atoms with E-state index in [-0.39, 0.29) is 21.8 Å². The van der Waals surface area contributed by atoms with E-state index in [4.69, 9.17) is 0 Å². The third-order valence-electron chi connectivity index (χ3n) is 2.97. The molecule has 18 heavy (non-hydrogen) atoms. The monoisotopic (exact) mass is 315 g/mol. The van der Waals surface area contributed by atoms with Crippen molar-refractivity contribution in [3.05, 3.63) is 33.7 Å². The maximum absolute atomic E-state index is 12.8. The second-order valence-electron chi connectivity index (χ2n) is 4.13. The Balaban J connectivity index is 2.36. The number of aromatic nitrogens is 3. The highest BCUT2D eigenvalue weighted by Gasteiger charge is 2.28. The second kappa shape index (κ2) is 3.74. The molecule has 2 heterocycles. The molecule has 0 saturated heterocycles. The van der Waals surface area contributed by atoms with E-state index in [1.165, 1.54) is 10.7 Å². The van der Waals surface area contributed by atoms with Crippen LogP contribution in [0, 0.1) is 0 Å². The van der Waals surface area contributed by atoms with Crippen molar-refractivity contribution in [2.75, 3.05) is 0 Å². The molecule has 3 rings (SSSR count). The maximum atomic E-state index is 12.8. The number of hydrogen-bond donors (Lipinski definition) is 1. The van der Waals surface area contributed by atoms with Gasteiger partial charge in [-0.2, -0.15) is 5.10 Å². The lowest BCUT2D eigenvalue weighted by Crippen LogP contribution is -2.03. The number of fused-ring (bicyclic) bond motifs is 3. The molecule has 2 aromatic rings. The van der Waals surface area contributed by atoms with Gasteiger partial charge in [0.1, 0.15) is 11.5 Å². The molecule has 1 aliphatic carbocycles. The number of nitrogens with zero attached hydrogens (tertiary/aromatic N) is 3. The van der Waals surface area contributed by atoms with E-state index in [0.29, 0.717) is 16.9 Å². The largest absolute Gasteiger partial charge is 0.508 e. The molecule has 1 N–H and O–H groups in total. The minimum absolute atomic E-state index is 0.0946. The number of halogens is 3. The van der Waals surface area contributed by atoms with Gasteiger partial charge in [-0.05, 0) is 22.0 Å². The Morgan fingerprint density at radius 1 is 1.50 bits per heavy atom. The average molecular weight is 316 g/mol. The van der Waals surface area contributed by atoms with Crippen molar-refractivity contribution in [2.45, 2.75) is 19.3 Å². The quantitative estimate of drug-likeness (QED) is 0.877. The highest BCUT2D eigenvalue weighted by atomic mass is 79.9. The number of hydrogen-bond acceptors (Lipinski definition) is 3. The Labute approximate surface area is 109 Å². The third-order valence-corrected chi connectivity index (χ3v) is 3.73. The Bertz CT molecular complexity index is 680. The first-order valence-electron chi connectivity index (χ1n) is 5.27. The summed E-state index contributed by atoms with van der Waals surface area (Å²) in [5.74, 6) is 0.0138. The molecule has 0 spiro atoms. The zero-order valence-electron chi connectivity index (χ0n) is 9.23. The summed E-state index contributed by atoms with van der Waals surface area (Å²) < 4.78 is 27.2. The van der Waals surface area contributed by atoms with Gasteiger partial charge in [-0.3, -0.25) is 0 Å². The van der Waals surface area contributed by atoms with Gasteiger partial charge in [0, 0.05) is 12.1 Å². The molecule has 0 bridgehead atoms. The van der Waals surface area contributed by atoms with Gasteiger partial charge in [0.25, 0.3) is 6.43 Å². The highest BCUT2D eigenvalue weighted by Crippen LogP contribution is 2.37. The fourth-order valence-electron chi connectivity index (χ4n) is 2.17. The van der Waals surface area contributed by atoms with Crippen LogP contribution in [0.15, 0.2) is 16.7 Å². The number of alkyl halides is 2. The molecule has 2 aromatic heterocycles. The highest BCUT2D eigenvalue weighted by molar-refractivity contribution is 9.10. The lowest BCUT2D eigenvalue weighted by molar-refractivity contribution is 0.145. The van der Waals surface area contributed by atoms with Crippen molar-refractivity contribution < 1.29 is 13.9 Å². The van der Waals surface area contributed by atoms with Gasteiger partial charge in [0.05, 0.1) is 15.7 Å². The number of allylic oxidation sites excluding steroid dienone is 1. The molecule has 0 radical (unpaired) electrons. The smallest absolute Gasteiger partial charge is 0.283 e. The minimum atomic E-state index is -2.67. The van der Waals surface area contributed by atoms with Crippen molar-refractivity contribution in [1.29, 1.82) is 0 Å². The van der Waals surface area contributed by atoms with Crippen LogP contribution < -0.4 is 0 Å². The van der Waals surface area contributed by atoms with Crippen molar-refractivity contribution >= 4 is 27.3 Å². The van der Waals surface area contributed by atoms with Gasteiger partial charge in [0.15, 0.2) is 5.65 Å². The third kappa shape index (κ3) is 1.40. The summed E-state index contributed by atoms with van der Waals surface area (Å²) in [5.41, 5.74) is 1.20. The molecule has 0 aliphatic heterocycles. The van der Waals surface area contributed by atoms with Crippen LogP contribution in [0.3, 0.4) is 0 Å². The lowest BCUT2D eigenvalue weighted by Gasteiger charge is -2.06. The van der Waals surface area contributed by atoms with E-state index in [9.17, 15) is 13.9 Å². The number of rotatable bonds is 1. The lowest BCUT2D eigenvalue weighted by atomic mass is 10.1. The molecule has 0 amide bonds. The summed E-state index contributed by atoms with van der Waals surface area (Å²) in [5, 5.41) is 13.6. The van der Waals surface area contributed by atoms with Crippen LogP contribution in [-0.2, 0) is 0 Å². The number of aliphatic hydroxyl groups is 1. The Morgan fingerprint density at radius 3 is 2.89 bits per heavy atom. The zero-order valence-corrected chi connectivity index (χ0v) is 10.8. The van der Waals surface area contributed by atoms with Crippen LogP contribution in [0.1, 0.15) is 36.2 Å². The van der Waals surface area contributed by atoms with Crippen LogP contribution in [0.5, 0.6) is 0 Å². The van der Waals surface area contributed by atoms with E-state index in [1.54, 1.807) is 6.08 Å². The first-order valence-corrected chi connectivity index (χ1v) is 6.06. The van der Waals surface area contributed by atoms with Crippen molar-refractivity contribution in [1.82, 2.24) is 14.6 Å². The van der Waals surface area contributed by atoms with Crippen molar-refractivity contribution in [2.24, 2.45) is 0 Å². The first kappa shape index (κ1) is 11.6. The molecule has 4 nitrogen and oxygen atoms in total. The fourth-order valence-corrected chi connectivity index (χ4v) is 2.69. The maximum Gasteiger partial charge on any atom is 0.283 e. The molecule has 1 aliphatic rings. The normalized spacial score (nSPS) is 18.5. The molecule has 7 heteroatoms. The first-order chi connectivity index (χ1) is 8.50. The van der Waals surface area contributed by atoms with Gasteiger partial charge >= 0.3 is 0 Å². The van der Waals surface area contributed by atoms with Gasteiger partial charge in [-0.1, -0.05) is 6.92 Å². The molecule has 1 unspecified atom stereocenters. The van der Waals surface area contributed by atoms with E-state index in [2.05, 4.69) is 26.0 Å². The minimum Gasteiger partial charge on any atom is -0.508 e. The fraction of sp³-hybridized carbons (Fsp3) is 0.273. The van der Waals surface area contributed by atoms with Crippen LogP contribution in [-0.4, -0.2) is 19.7 Å². The molecule has 0 aromatic carbocycles. The van der Waals surface area contributed by atoms with Crippen molar-refractivity contribution in [3.8, 4) is 0 Å². The van der Waals surface area contributed by atoms with Gasteiger partial charge in [-0.15, -0.1) is 0 Å². The SMILES string of the molecule is CC1C=C(O)c2cnc3c(Br)c(C(F)F)nn3c21. The van der Waals surface area contributed by atoms with E-state index >= 15 is 0 Å². The Hall–Kier alpha value is -1.50. The standard InChI is InChI=1S/C11H8BrF2N3O/c1-4-2-6(18)5-3-15-11-7(12)8(10(13)14)16-17(11)9(4)5/h2-4,10,18H,1H3. The van der Waals surface area contributed by atoms with Crippen LogP contribution >= 0.6 is 15.9 Å². The molecular formula is C11H8BrF2N3O. The number of aliphatic hydroxyl groups excluding tert-OH is 1. The summed E-state index contributed by atoms with van der Waals surface area (Å²) in [6.07, 6.45) is 0.445. The van der Waals surface area contributed by atoms with E-state index in [1.807, 2.05) is 6.92 Å². The van der Waals surface area contributed by atoms with Gasteiger partial charge in [-0.25, -0.2) is 18.3 Å². The summed E-state index contributed by atoms with van der Waals surface area (Å²) >= 11 is 3.09. The summed E-state index contributed by atoms with van der Waals surface area (Å²) in [6, 6.07) is 0. The predicted molar refractivity (Wildman–Crippen MR) is 64.7 cm³/mol. The van der Waals surface area contributed by atoms with Crippen LogP contribution in [0.2, 0.25) is 0 Å². The summed E-state index contributed by atoms with van der Waals surface area (Å²) in [7, 11) is 0. The Morgan fingerprint density at radius 2 is 2.22 bits per heavy atom. The second-order valence-corrected chi connectivity index (χ2v) is 4.93. The van der Waals surface area contributed by atoms with E-state index < -0.39 is 6.43 Å². The molecule has 0 fully saturated rings. The van der Waals surface area contributed by atoms with Crippen LogP contribution in [0.25, 0.3) is 11.4 Å². The average Bonchev–Trinajstić information content (AvgIpc) is 2.79. The van der Waals surface area contributed by atoms with Gasteiger partial charge in [0.2, 0.25) is 0 Å². The van der Waals surface area contributed by atoms with Gasteiger partial charge < -0.3 is 5.11 Å². The predicted octanol–water partition coefficient (Wildman–Crippen LogP) is 3.45. The molecular weight excluding hydrogens is 308 g/mol.